The summed E-state index contributed by atoms with van der Waals surface area (Å²) >= 11 is 7.26. The first kappa shape index (κ1) is 12.8. The molecule has 21 heavy (non-hydrogen) atoms. The Kier molecular flexibility index (Phi) is 3.12. The van der Waals surface area contributed by atoms with Crippen LogP contribution in [0.2, 0.25) is 4.47 Å². The van der Waals surface area contributed by atoms with Gasteiger partial charge in [0.05, 0.1) is 18.4 Å². The number of benzene rings is 1. The molecule has 106 valence electrons. The molecule has 0 aliphatic carbocycles. The molecule has 5 nitrogen and oxygen atoms in total. The minimum Gasteiger partial charge on any atom is -0.384 e. The summed E-state index contributed by atoms with van der Waals surface area (Å²) in [6.45, 7) is 1.59. The van der Waals surface area contributed by atoms with Gasteiger partial charge in [0, 0.05) is 23.2 Å². The molecule has 1 N–H and O–H groups in total. The second kappa shape index (κ2) is 5.13. The van der Waals surface area contributed by atoms with Crippen molar-refractivity contribution in [1.29, 1.82) is 0 Å². The molecule has 0 amide bonds. The highest BCUT2D eigenvalue weighted by molar-refractivity contribution is 7.13. The van der Waals surface area contributed by atoms with Crippen molar-refractivity contribution in [2.45, 2.75) is 13.0 Å². The van der Waals surface area contributed by atoms with Crippen molar-refractivity contribution in [3.05, 3.63) is 45.5 Å². The zero-order valence-electron chi connectivity index (χ0n) is 11.1. The van der Waals surface area contributed by atoms with Crippen LogP contribution in [0.5, 0.6) is 0 Å². The van der Waals surface area contributed by atoms with Crippen molar-refractivity contribution in [1.82, 2.24) is 20.0 Å². The Balaban J connectivity index is 1.59. The molecule has 0 spiro atoms. The van der Waals surface area contributed by atoms with Gasteiger partial charge in [-0.3, -0.25) is 0 Å². The van der Waals surface area contributed by atoms with Gasteiger partial charge in [-0.1, -0.05) is 28.9 Å². The standard InChI is InChI=1S/C14H12ClN5S/c15-14-17-11(8-21-14)6-20-7-13(18-19-20)10-2-1-9-3-4-16-12(9)5-10/h1-2,5,7-8,16H,3-4,6H2. The van der Waals surface area contributed by atoms with Crippen molar-refractivity contribution in [2.24, 2.45) is 0 Å². The average Bonchev–Trinajstić information content (AvgIpc) is 3.19. The molecular weight excluding hydrogens is 306 g/mol. The number of thiazole rings is 1. The third kappa shape index (κ3) is 2.52. The quantitative estimate of drug-likeness (QED) is 0.806. The van der Waals surface area contributed by atoms with E-state index in [0.717, 1.165) is 29.9 Å². The van der Waals surface area contributed by atoms with Crippen LogP contribution >= 0.6 is 22.9 Å². The molecule has 1 aliphatic rings. The van der Waals surface area contributed by atoms with E-state index in [0.29, 0.717) is 11.0 Å². The molecule has 3 aromatic rings. The molecule has 0 bridgehead atoms. The molecule has 3 heterocycles. The Morgan fingerprint density at radius 3 is 3.19 bits per heavy atom. The summed E-state index contributed by atoms with van der Waals surface area (Å²) in [6, 6.07) is 6.39. The molecule has 4 rings (SSSR count). The summed E-state index contributed by atoms with van der Waals surface area (Å²) in [6.07, 6.45) is 3.02. The molecule has 0 saturated carbocycles. The van der Waals surface area contributed by atoms with Gasteiger partial charge in [-0.05, 0) is 18.1 Å². The lowest BCUT2D eigenvalue weighted by atomic mass is 10.1. The molecule has 0 fully saturated rings. The normalized spacial score (nSPS) is 13.2. The first-order chi connectivity index (χ1) is 10.3. The maximum absolute atomic E-state index is 5.84. The average molecular weight is 318 g/mol. The SMILES string of the molecule is Clc1nc(Cn2cc(-c3ccc4c(c3)NCC4)nn2)cs1. The molecule has 2 aromatic heterocycles. The van der Waals surface area contributed by atoms with E-state index >= 15 is 0 Å². The fourth-order valence-electron chi connectivity index (χ4n) is 2.48. The van der Waals surface area contributed by atoms with Gasteiger partial charge in [-0.15, -0.1) is 16.4 Å². The van der Waals surface area contributed by atoms with Gasteiger partial charge in [-0.2, -0.15) is 0 Å². The lowest BCUT2D eigenvalue weighted by Crippen LogP contribution is -2.00. The van der Waals surface area contributed by atoms with Crippen LogP contribution in [0.4, 0.5) is 5.69 Å². The molecule has 1 aliphatic heterocycles. The van der Waals surface area contributed by atoms with E-state index in [9.17, 15) is 0 Å². The Labute approximate surface area is 130 Å². The lowest BCUT2D eigenvalue weighted by Gasteiger charge is -2.01. The van der Waals surface area contributed by atoms with Crippen LogP contribution in [-0.4, -0.2) is 26.5 Å². The van der Waals surface area contributed by atoms with Crippen LogP contribution in [0.1, 0.15) is 11.3 Å². The number of fused-ring (bicyclic) bond motifs is 1. The number of nitrogens with one attached hydrogen (secondary N) is 1. The minimum absolute atomic E-state index is 0.551. The van der Waals surface area contributed by atoms with E-state index in [2.05, 4.69) is 38.8 Å². The van der Waals surface area contributed by atoms with Gasteiger partial charge in [0.15, 0.2) is 4.47 Å². The Morgan fingerprint density at radius 1 is 1.38 bits per heavy atom. The second-order valence-corrected chi connectivity index (χ2v) is 6.38. The van der Waals surface area contributed by atoms with Crippen molar-refractivity contribution < 1.29 is 0 Å². The van der Waals surface area contributed by atoms with Gasteiger partial charge in [0.1, 0.15) is 5.69 Å². The number of halogens is 1. The van der Waals surface area contributed by atoms with Crippen LogP contribution in [0.25, 0.3) is 11.3 Å². The van der Waals surface area contributed by atoms with Crippen molar-refractivity contribution in [2.75, 3.05) is 11.9 Å². The number of aromatic nitrogens is 4. The van der Waals surface area contributed by atoms with Crippen LogP contribution in [0.15, 0.2) is 29.8 Å². The summed E-state index contributed by atoms with van der Waals surface area (Å²) in [5, 5.41) is 13.7. The Hall–Kier alpha value is -1.92. The van der Waals surface area contributed by atoms with Gasteiger partial charge >= 0.3 is 0 Å². The topological polar surface area (TPSA) is 55.6 Å². The lowest BCUT2D eigenvalue weighted by molar-refractivity contribution is 0.641. The molecule has 0 unspecified atom stereocenters. The summed E-state index contributed by atoms with van der Waals surface area (Å²) in [5.41, 5.74) is 5.41. The van der Waals surface area contributed by atoms with Gasteiger partial charge in [0.25, 0.3) is 0 Å². The van der Waals surface area contributed by atoms with Crippen LogP contribution in [0, 0.1) is 0 Å². The zero-order chi connectivity index (χ0) is 14.2. The van der Waals surface area contributed by atoms with Crippen molar-refractivity contribution >= 4 is 28.6 Å². The van der Waals surface area contributed by atoms with E-state index in [-0.39, 0.29) is 0 Å². The highest BCUT2D eigenvalue weighted by Crippen LogP contribution is 2.27. The van der Waals surface area contributed by atoms with Gasteiger partial charge in [-0.25, -0.2) is 9.67 Å². The van der Waals surface area contributed by atoms with Gasteiger partial charge in [0.2, 0.25) is 0 Å². The third-order valence-corrected chi connectivity index (χ3v) is 4.53. The van der Waals surface area contributed by atoms with Crippen LogP contribution < -0.4 is 5.32 Å². The molecule has 0 saturated heterocycles. The second-order valence-electron chi connectivity index (χ2n) is 4.94. The molecule has 1 aromatic carbocycles. The summed E-state index contributed by atoms with van der Waals surface area (Å²) in [4.78, 5) is 4.22. The number of anilines is 1. The summed E-state index contributed by atoms with van der Waals surface area (Å²) < 4.78 is 2.33. The van der Waals surface area contributed by atoms with Crippen molar-refractivity contribution in [3.63, 3.8) is 0 Å². The first-order valence-electron chi connectivity index (χ1n) is 6.65. The van der Waals surface area contributed by atoms with E-state index < -0.39 is 0 Å². The van der Waals surface area contributed by atoms with E-state index in [1.807, 2.05) is 11.6 Å². The van der Waals surface area contributed by atoms with Crippen LogP contribution in [0.3, 0.4) is 0 Å². The largest absolute Gasteiger partial charge is 0.384 e. The number of rotatable bonds is 3. The minimum atomic E-state index is 0.551. The predicted molar refractivity (Wildman–Crippen MR) is 83.9 cm³/mol. The first-order valence-corrected chi connectivity index (χ1v) is 7.91. The smallest absolute Gasteiger partial charge is 0.183 e. The Morgan fingerprint density at radius 2 is 2.33 bits per heavy atom. The van der Waals surface area contributed by atoms with Crippen molar-refractivity contribution in [3.8, 4) is 11.3 Å². The highest BCUT2D eigenvalue weighted by Gasteiger charge is 2.12. The summed E-state index contributed by atoms with van der Waals surface area (Å²) in [7, 11) is 0. The molecular formula is C14H12ClN5S. The van der Waals surface area contributed by atoms with E-state index in [1.54, 1.807) is 4.68 Å². The number of hydrogen-bond donors (Lipinski definition) is 1. The highest BCUT2D eigenvalue weighted by atomic mass is 35.5. The van der Waals surface area contributed by atoms with Gasteiger partial charge < -0.3 is 5.32 Å². The fraction of sp³-hybridized carbons (Fsp3) is 0.214. The van der Waals surface area contributed by atoms with E-state index in [4.69, 9.17) is 11.6 Å². The summed E-state index contributed by atoms with van der Waals surface area (Å²) in [5.74, 6) is 0. The third-order valence-electron chi connectivity index (χ3n) is 3.50. The molecule has 7 heteroatoms. The fourth-order valence-corrected chi connectivity index (χ4v) is 3.25. The number of hydrogen-bond acceptors (Lipinski definition) is 5. The van der Waals surface area contributed by atoms with E-state index in [1.165, 1.54) is 22.6 Å². The zero-order valence-corrected chi connectivity index (χ0v) is 12.7. The Bertz CT molecular complexity index is 794. The molecule has 0 radical (unpaired) electrons. The van der Waals surface area contributed by atoms with Crippen LogP contribution in [-0.2, 0) is 13.0 Å². The predicted octanol–water partition coefficient (Wildman–Crippen LogP) is 3.07. The molecule has 0 atom stereocenters. The monoisotopic (exact) mass is 317 g/mol. The number of nitrogens with zero attached hydrogens (tertiary/aromatic N) is 4. The maximum atomic E-state index is 5.84. The maximum Gasteiger partial charge on any atom is 0.183 e.